The van der Waals surface area contributed by atoms with Gasteiger partial charge >= 0.3 is 0 Å². The van der Waals surface area contributed by atoms with Gasteiger partial charge in [0.25, 0.3) is 11.8 Å². The van der Waals surface area contributed by atoms with Crippen LogP contribution in [0.4, 0.5) is 0 Å². The second-order valence-corrected chi connectivity index (χ2v) is 14.2. The number of ether oxygens (including phenoxy) is 1. The molecule has 14 heteroatoms. The first-order valence-corrected chi connectivity index (χ1v) is 17.8. The Morgan fingerprint density at radius 2 is 1.76 bits per heavy atom. The van der Waals surface area contributed by atoms with Gasteiger partial charge in [0.15, 0.2) is 5.69 Å². The van der Waals surface area contributed by atoms with Crippen molar-refractivity contribution in [1.82, 2.24) is 35.7 Å². The number of carbonyl (C=O) groups excluding carboxylic acids is 4. The van der Waals surface area contributed by atoms with E-state index < -0.39 is 23.5 Å². The molecule has 1 aromatic carbocycles. The number of oxazole rings is 1. The van der Waals surface area contributed by atoms with Crippen LogP contribution < -0.4 is 16.0 Å². The van der Waals surface area contributed by atoms with E-state index >= 15 is 0 Å². The van der Waals surface area contributed by atoms with Gasteiger partial charge < -0.3 is 30.0 Å². The maximum absolute atomic E-state index is 14.0. The number of rotatable bonds is 5. The summed E-state index contributed by atoms with van der Waals surface area (Å²) in [7, 11) is 0. The molecule has 0 aliphatic carbocycles. The van der Waals surface area contributed by atoms with Crippen molar-refractivity contribution >= 4 is 35.0 Å². The highest BCUT2D eigenvalue weighted by molar-refractivity contribution is 7.09. The molecule has 4 bridgehead atoms. The fourth-order valence-corrected chi connectivity index (χ4v) is 7.16. The van der Waals surface area contributed by atoms with Crippen LogP contribution >= 0.6 is 11.3 Å². The SMILES string of the molecule is Cc1oc2nc1C(=O)N[C@@H](C(C)C)c1nc(cs1)C(=O)NCCN(C(=O)C(C)(C)N1CCOCC1)CCCC(=O)N[C@H]2Cc1ccccc1. The Morgan fingerprint density at radius 1 is 1.02 bits per heavy atom. The summed E-state index contributed by atoms with van der Waals surface area (Å²) in [6.07, 6.45) is 0.944. The number of carbonyl (C=O) groups is 4. The molecule has 4 heterocycles. The minimum absolute atomic E-state index is 0.0462. The second-order valence-electron chi connectivity index (χ2n) is 13.3. The molecule has 0 unspecified atom stereocenters. The molecule has 0 saturated carbocycles. The van der Waals surface area contributed by atoms with E-state index in [9.17, 15) is 19.2 Å². The van der Waals surface area contributed by atoms with Crippen LogP contribution in [0.25, 0.3) is 0 Å². The monoisotopic (exact) mass is 693 g/mol. The predicted octanol–water partition coefficient (Wildman–Crippen LogP) is 3.43. The Labute approximate surface area is 291 Å². The van der Waals surface area contributed by atoms with Gasteiger partial charge in [0.05, 0.1) is 24.8 Å². The molecule has 2 atom stereocenters. The van der Waals surface area contributed by atoms with Crippen molar-refractivity contribution < 1.29 is 28.3 Å². The number of thiazole rings is 1. The van der Waals surface area contributed by atoms with Gasteiger partial charge in [0.1, 0.15) is 22.5 Å². The number of amides is 4. The standard InChI is InChI=1S/C35H47N7O6S/c1-22(2)28-33-38-26(21-49-33)30(44)36-13-15-41(34(46)35(4,5)42-16-18-47-19-17-42)14-9-12-27(43)37-25(20-24-10-7-6-8-11-24)32-40-29(23(3)48-32)31(45)39-28/h6-8,10-11,21-22,25,28H,9,12-20H2,1-5H3,(H,36,44)(H,37,43)(H,39,45)/t25-,28-/m0/s1. The van der Waals surface area contributed by atoms with E-state index in [0.29, 0.717) is 56.5 Å². The summed E-state index contributed by atoms with van der Waals surface area (Å²) in [5.41, 5.74) is 0.522. The third kappa shape index (κ3) is 8.91. The topological polar surface area (TPSA) is 159 Å². The number of nitrogens with one attached hydrogen (secondary N) is 3. The first-order valence-electron chi connectivity index (χ1n) is 16.9. The normalized spacial score (nSPS) is 20.8. The molecule has 0 radical (unpaired) electrons. The zero-order chi connectivity index (χ0) is 35.1. The third-order valence-corrected chi connectivity index (χ3v) is 9.96. The van der Waals surface area contributed by atoms with E-state index in [0.717, 1.165) is 5.56 Å². The molecule has 49 heavy (non-hydrogen) atoms. The van der Waals surface area contributed by atoms with Gasteiger partial charge in [0, 0.05) is 50.9 Å². The number of hydrogen-bond acceptors (Lipinski definition) is 10. The van der Waals surface area contributed by atoms with Crippen LogP contribution in [0.5, 0.6) is 0 Å². The lowest BCUT2D eigenvalue weighted by Crippen LogP contribution is -2.59. The summed E-state index contributed by atoms with van der Waals surface area (Å²) in [5.74, 6) is -0.610. The van der Waals surface area contributed by atoms with Gasteiger partial charge in [-0.3, -0.25) is 24.1 Å². The molecule has 4 amide bonds. The van der Waals surface area contributed by atoms with Crippen LogP contribution in [0.3, 0.4) is 0 Å². The molecular formula is C35H47N7O6S. The molecule has 1 fully saturated rings. The Kier molecular flexibility index (Phi) is 11.8. The van der Waals surface area contributed by atoms with Gasteiger partial charge in [-0.1, -0.05) is 44.2 Å². The van der Waals surface area contributed by atoms with Crippen molar-refractivity contribution in [2.75, 3.05) is 45.9 Å². The van der Waals surface area contributed by atoms with Gasteiger partial charge in [-0.05, 0) is 38.7 Å². The summed E-state index contributed by atoms with van der Waals surface area (Å²) < 4.78 is 11.5. The molecule has 2 aliphatic heterocycles. The van der Waals surface area contributed by atoms with E-state index in [1.54, 1.807) is 17.2 Å². The number of morpholine rings is 1. The maximum Gasteiger partial charge on any atom is 0.274 e. The van der Waals surface area contributed by atoms with Gasteiger partial charge in [-0.25, -0.2) is 9.97 Å². The smallest absolute Gasteiger partial charge is 0.274 e. The van der Waals surface area contributed by atoms with Crippen molar-refractivity contribution in [3.8, 4) is 0 Å². The number of nitrogens with zero attached hydrogens (tertiary/aromatic N) is 4. The van der Waals surface area contributed by atoms with E-state index in [2.05, 4.69) is 30.8 Å². The molecule has 2 aromatic heterocycles. The van der Waals surface area contributed by atoms with Crippen LogP contribution in [-0.2, 0) is 20.7 Å². The summed E-state index contributed by atoms with van der Waals surface area (Å²) in [5, 5.41) is 11.3. The van der Waals surface area contributed by atoms with E-state index in [1.807, 2.05) is 58.0 Å². The highest BCUT2D eigenvalue weighted by atomic mass is 32.1. The van der Waals surface area contributed by atoms with Crippen LogP contribution in [0, 0.1) is 12.8 Å². The highest BCUT2D eigenvalue weighted by Gasteiger charge is 2.38. The Balaban J connectivity index is 1.44. The highest BCUT2D eigenvalue weighted by Crippen LogP contribution is 2.27. The van der Waals surface area contributed by atoms with Crippen molar-refractivity contribution in [3.05, 3.63) is 69.3 Å². The summed E-state index contributed by atoms with van der Waals surface area (Å²) >= 11 is 1.29. The lowest BCUT2D eigenvalue weighted by molar-refractivity contribution is -0.145. The van der Waals surface area contributed by atoms with E-state index in [1.165, 1.54) is 11.3 Å². The number of benzene rings is 1. The first kappa shape index (κ1) is 36.1. The zero-order valence-electron chi connectivity index (χ0n) is 28.9. The van der Waals surface area contributed by atoms with E-state index in [4.69, 9.17) is 9.15 Å². The van der Waals surface area contributed by atoms with Crippen LogP contribution in [0.15, 0.2) is 40.1 Å². The van der Waals surface area contributed by atoms with Gasteiger partial charge in [-0.2, -0.15) is 0 Å². The largest absolute Gasteiger partial charge is 0.443 e. The van der Waals surface area contributed by atoms with Crippen molar-refractivity contribution in [2.45, 2.75) is 71.5 Å². The molecular weight excluding hydrogens is 646 g/mol. The first-order chi connectivity index (χ1) is 23.4. The van der Waals surface area contributed by atoms with Gasteiger partial charge in [0.2, 0.25) is 17.7 Å². The molecule has 5 rings (SSSR count). The lowest BCUT2D eigenvalue weighted by atomic mass is 9.99. The lowest BCUT2D eigenvalue weighted by Gasteiger charge is -2.42. The molecule has 3 N–H and O–H groups in total. The molecule has 3 aromatic rings. The maximum atomic E-state index is 14.0. The summed E-state index contributed by atoms with van der Waals surface area (Å²) in [4.78, 5) is 67.2. The minimum atomic E-state index is -0.800. The van der Waals surface area contributed by atoms with E-state index in [-0.39, 0.29) is 60.4 Å². The number of aryl methyl sites for hydroxylation is 1. The Hall–Kier alpha value is -4.14. The molecule has 13 nitrogen and oxygen atoms in total. The quantitative estimate of drug-likeness (QED) is 0.364. The van der Waals surface area contributed by atoms with Gasteiger partial charge in [-0.15, -0.1) is 11.3 Å². The number of fused-ring (bicyclic) bond motifs is 4. The minimum Gasteiger partial charge on any atom is -0.443 e. The average Bonchev–Trinajstić information content (AvgIpc) is 3.73. The van der Waals surface area contributed by atoms with Crippen molar-refractivity contribution in [3.63, 3.8) is 0 Å². The fourth-order valence-electron chi connectivity index (χ4n) is 6.14. The third-order valence-electron chi connectivity index (χ3n) is 9.03. The van der Waals surface area contributed by atoms with Crippen LogP contribution in [0.1, 0.15) is 95.8 Å². The van der Waals surface area contributed by atoms with Crippen molar-refractivity contribution in [1.29, 1.82) is 0 Å². The fraction of sp³-hybridized carbons (Fsp3) is 0.543. The molecule has 2 aliphatic rings. The Morgan fingerprint density at radius 3 is 2.47 bits per heavy atom. The average molecular weight is 694 g/mol. The Bertz CT molecular complexity index is 1610. The zero-order valence-corrected chi connectivity index (χ0v) is 29.7. The summed E-state index contributed by atoms with van der Waals surface area (Å²) in [6, 6.07) is 8.57. The predicted molar refractivity (Wildman–Crippen MR) is 184 cm³/mol. The van der Waals surface area contributed by atoms with Crippen molar-refractivity contribution in [2.24, 2.45) is 5.92 Å². The number of hydrogen-bond donors (Lipinski definition) is 3. The molecule has 1 saturated heterocycles. The van der Waals surface area contributed by atoms with Crippen LogP contribution in [-0.4, -0.2) is 94.9 Å². The second kappa shape index (κ2) is 16.0. The molecule has 264 valence electrons. The number of aromatic nitrogens is 2. The van der Waals surface area contributed by atoms with Crippen LogP contribution in [0.2, 0.25) is 0 Å². The molecule has 0 spiro atoms. The summed E-state index contributed by atoms with van der Waals surface area (Å²) in [6.45, 7) is 12.6.